The molecule has 110 valence electrons. The number of benzene rings is 1. The molecule has 0 radical (unpaired) electrons. The molecule has 0 saturated heterocycles. The van der Waals surface area contributed by atoms with Gasteiger partial charge in [-0.15, -0.1) is 0 Å². The van der Waals surface area contributed by atoms with Crippen LogP contribution in [0.3, 0.4) is 0 Å². The molecule has 2 nitrogen and oxygen atoms in total. The van der Waals surface area contributed by atoms with E-state index < -0.39 is 11.0 Å². The highest BCUT2D eigenvalue weighted by atomic mass is 79.9. The van der Waals surface area contributed by atoms with Crippen molar-refractivity contribution in [2.45, 2.75) is 63.9 Å². The molecule has 0 amide bonds. The first kappa shape index (κ1) is 15.6. The number of carbonyl (C=O) groups excluding carboxylic acids is 1. The van der Waals surface area contributed by atoms with Crippen LogP contribution < -0.4 is 0 Å². The van der Waals surface area contributed by atoms with Crippen LogP contribution in [0.2, 0.25) is 0 Å². The Morgan fingerprint density at radius 2 is 1.65 bits per heavy atom. The second-order valence-corrected chi connectivity index (χ2v) is 7.57. The van der Waals surface area contributed by atoms with Crippen molar-refractivity contribution in [1.82, 2.24) is 0 Å². The van der Waals surface area contributed by atoms with Crippen molar-refractivity contribution in [3.63, 3.8) is 0 Å². The Hall–Kier alpha value is -0.830. The lowest BCUT2D eigenvalue weighted by atomic mass is 9.69. The van der Waals surface area contributed by atoms with Crippen LogP contribution in [0.5, 0.6) is 0 Å². The number of halogens is 1. The molecule has 0 aliphatic heterocycles. The number of hydrogen-bond donors (Lipinski definition) is 0. The Morgan fingerprint density at radius 1 is 1.10 bits per heavy atom. The zero-order valence-corrected chi connectivity index (χ0v) is 14.1. The highest BCUT2D eigenvalue weighted by Gasteiger charge is 2.43. The number of hydrogen-bond acceptors (Lipinski definition) is 2. The van der Waals surface area contributed by atoms with Crippen LogP contribution in [-0.4, -0.2) is 11.6 Å². The Kier molecular flexibility index (Phi) is 4.58. The molecule has 1 aromatic carbocycles. The molecule has 0 aromatic heterocycles. The van der Waals surface area contributed by atoms with E-state index in [1.807, 2.05) is 32.9 Å². The molecule has 20 heavy (non-hydrogen) atoms. The maximum atomic E-state index is 12.8. The SMILES string of the molecule is CC(C)(C)OC(=O)C1(c2ccc(Br)cc2)CCCCC1. The number of rotatable bonds is 2. The number of esters is 1. The van der Waals surface area contributed by atoms with E-state index in [0.29, 0.717) is 0 Å². The first-order chi connectivity index (χ1) is 9.33. The average Bonchev–Trinajstić information content (AvgIpc) is 2.38. The van der Waals surface area contributed by atoms with Crippen molar-refractivity contribution < 1.29 is 9.53 Å². The summed E-state index contributed by atoms with van der Waals surface area (Å²) in [5.41, 5.74) is 0.206. The van der Waals surface area contributed by atoms with Gasteiger partial charge in [0.05, 0.1) is 5.41 Å². The van der Waals surface area contributed by atoms with Gasteiger partial charge in [-0.1, -0.05) is 47.3 Å². The van der Waals surface area contributed by atoms with Gasteiger partial charge in [0.2, 0.25) is 0 Å². The molecule has 1 aromatic rings. The van der Waals surface area contributed by atoms with Crippen molar-refractivity contribution in [2.75, 3.05) is 0 Å². The summed E-state index contributed by atoms with van der Waals surface area (Å²) in [6, 6.07) is 8.13. The van der Waals surface area contributed by atoms with Crippen LogP contribution >= 0.6 is 15.9 Å². The molecule has 1 saturated carbocycles. The minimum absolute atomic E-state index is 0.0629. The number of carbonyl (C=O) groups is 1. The van der Waals surface area contributed by atoms with Gasteiger partial charge in [-0.2, -0.15) is 0 Å². The van der Waals surface area contributed by atoms with E-state index in [0.717, 1.165) is 35.7 Å². The maximum Gasteiger partial charge on any atom is 0.317 e. The van der Waals surface area contributed by atoms with Crippen LogP contribution in [0.4, 0.5) is 0 Å². The first-order valence-corrected chi connectivity index (χ1v) is 8.12. The zero-order valence-electron chi connectivity index (χ0n) is 12.5. The van der Waals surface area contributed by atoms with E-state index in [-0.39, 0.29) is 5.97 Å². The fourth-order valence-corrected chi connectivity index (χ4v) is 3.18. The number of ether oxygens (including phenoxy) is 1. The molecular formula is C17H23BrO2. The van der Waals surface area contributed by atoms with Crippen LogP contribution in [0.15, 0.2) is 28.7 Å². The van der Waals surface area contributed by atoms with Crippen molar-refractivity contribution in [3.05, 3.63) is 34.3 Å². The van der Waals surface area contributed by atoms with Gasteiger partial charge in [0.1, 0.15) is 5.60 Å². The molecule has 0 heterocycles. The molecule has 1 fully saturated rings. The topological polar surface area (TPSA) is 26.3 Å². The lowest BCUT2D eigenvalue weighted by Gasteiger charge is -2.37. The summed E-state index contributed by atoms with van der Waals surface area (Å²) in [5, 5.41) is 0. The van der Waals surface area contributed by atoms with Gasteiger partial charge in [0, 0.05) is 4.47 Å². The second-order valence-electron chi connectivity index (χ2n) is 6.65. The highest BCUT2D eigenvalue weighted by molar-refractivity contribution is 9.10. The third kappa shape index (κ3) is 3.43. The van der Waals surface area contributed by atoms with Gasteiger partial charge in [-0.3, -0.25) is 4.79 Å². The minimum Gasteiger partial charge on any atom is -0.459 e. The maximum absolute atomic E-state index is 12.8. The monoisotopic (exact) mass is 338 g/mol. The van der Waals surface area contributed by atoms with Crippen molar-refractivity contribution >= 4 is 21.9 Å². The summed E-state index contributed by atoms with van der Waals surface area (Å²) < 4.78 is 6.75. The lowest BCUT2D eigenvalue weighted by Crippen LogP contribution is -2.42. The van der Waals surface area contributed by atoms with E-state index >= 15 is 0 Å². The fraction of sp³-hybridized carbons (Fsp3) is 0.588. The summed E-state index contributed by atoms with van der Waals surface area (Å²) in [6.07, 6.45) is 5.18. The van der Waals surface area contributed by atoms with Crippen molar-refractivity contribution in [3.8, 4) is 0 Å². The lowest BCUT2D eigenvalue weighted by molar-refractivity contribution is -0.163. The quantitative estimate of drug-likeness (QED) is 0.710. The Balaban J connectivity index is 2.35. The van der Waals surface area contributed by atoms with Gasteiger partial charge < -0.3 is 4.74 Å². The second kappa shape index (κ2) is 5.88. The minimum atomic E-state index is -0.452. The van der Waals surface area contributed by atoms with Crippen LogP contribution in [-0.2, 0) is 14.9 Å². The molecule has 1 aliphatic rings. The van der Waals surface area contributed by atoms with Gasteiger partial charge in [-0.25, -0.2) is 0 Å². The van der Waals surface area contributed by atoms with Gasteiger partial charge in [0.25, 0.3) is 0 Å². The predicted molar refractivity (Wildman–Crippen MR) is 84.8 cm³/mol. The molecule has 2 rings (SSSR count). The van der Waals surface area contributed by atoms with Crippen LogP contribution in [0.1, 0.15) is 58.4 Å². The standard InChI is InChI=1S/C17H23BrO2/c1-16(2,3)20-15(19)17(11-5-4-6-12-17)13-7-9-14(18)10-8-13/h7-10H,4-6,11-12H2,1-3H3. The van der Waals surface area contributed by atoms with Gasteiger partial charge >= 0.3 is 5.97 Å². The van der Waals surface area contributed by atoms with Crippen molar-refractivity contribution in [1.29, 1.82) is 0 Å². The molecule has 1 aliphatic carbocycles. The average molecular weight is 339 g/mol. The summed E-state index contributed by atoms with van der Waals surface area (Å²) in [7, 11) is 0. The fourth-order valence-electron chi connectivity index (χ4n) is 2.91. The molecule has 0 unspecified atom stereocenters. The summed E-state index contributed by atoms with van der Waals surface area (Å²) in [6.45, 7) is 5.80. The first-order valence-electron chi connectivity index (χ1n) is 7.33. The highest BCUT2D eigenvalue weighted by Crippen LogP contribution is 2.41. The Bertz CT molecular complexity index is 465. The summed E-state index contributed by atoms with van der Waals surface area (Å²) in [5.74, 6) is -0.0629. The molecule has 3 heteroatoms. The molecular weight excluding hydrogens is 316 g/mol. The summed E-state index contributed by atoms with van der Waals surface area (Å²) >= 11 is 3.46. The molecule has 0 atom stereocenters. The van der Waals surface area contributed by atoms with E-state index in [9.17, 15) is 4.79 Å². The van der Waals surface area contributed by atoms with E-state index in [4.69, 9.17) is 4.74 Å². The third-order valence-electron chi connectivity index (χ3n) is 3.89. The molecule has 0 spiro atoms. The van der Waals surface area contributed by atoms with Crippen LogP contribution in [0, 0.1) is 0 Å². The Morgan fingerprint density at radius 3 is 2.15 bits per heavy atom. The van der Waals surface area contributed by atoms with Gasteiger partial charge in [-0.05, 0) is 51.3 Å². The van der Waals surface area contributed by atoms with E-state index in [1.54, 1.807) is 0 Å². The molecule has 0 N–H and O–H groups in total. The summed E-state index contributed by atoms with van der Waals surface area (Å²) in [4.78, 5) is 12.8. The van der Waals surface area contributed by atoms with Crippen LogP contribution in [0.25, 0.3) is 0 Å². The Labute approximate surface area is 130 Å². The predicted octanol–water partition coefficient (Wildman–Crippen LogP) is 4.99. The van der Waals surface area contributed by atoms with Crippen molar-refractivity contribution in [2.24, 2.45) is 0 Å². The zero-order chi connectivity index (χ0) is 14.8. The van der Waals surface area contributed by atoms with Gasteiger partial charge in [0.15, 0.2) is 0 Å². The largest absolute Gasteiger partial charge is 0.459 e. The van der Waals surface area contributed by atoms with E-state index in [1.165, 1.54) is 6.42 Å². The smallest absolute Gasteiger partial charge is 0.317 e. The molecule has 0 bridgehead atoms. The normalized spacial score (nSPS) is 18.6. The van der Waals surface area contributed by atoms with E-state index in [2.05, 4.69) is 28.1 Å². The third-order valence-corrected chi connectivity index (χ3v) is 4.42.